The van der Waals surface area contributed by atoms with E-state index in [1.807, 2.05) is 74.8 Å². The third kappa shape index (κ3) is 28.6. The van der Waals surface area contributed by atoms with E-state index in [0.717, 1.165) is 81.6 Å². The Hall–Kier alpha value is -11.0. The molecule has 8 aromatic rings. The Bertz CT molecular complexity index is 4650. The Morgan fingerprint density at radius 1 is 0.433 bits per heavy atom. The summed E-state index contributed by atoms with van der Waals surface area (Å²) < 4.78 is 32.9. The molecule has 2 aliphatic rings. The van der Waals surface area contributed by atoms with Gasteiger partial charge in [0.1, 0.15) is 0 Å². The minimum absolute atomic E-state index is 0.0612. The summed E-state index contributed by atoms with van der Waals surface area (Å²) in [5, 5.41) is 16.0. The molecule has 0 bridgehead atoms. The number of rotatable bonds is 47. The van der Waals surface area contributed by atoms with E-state index in [9.17, 15) is 28.8 Å². The van der Waals surface area contributed by atoms with Gasteiger partial charge >= 0.3 is 0 Å². The highest BCUT2D eigenvalue weighted by molar-refractivity contribution is 6.09. The van der Waals surface area contributed by atoms with Gasteiger partial charge in [0.2, 0.25) is 0 Å². The molecule has 6 amide bonds. The molecule has 0 fully saturated rings. The van der Waals surface area contributed by atoms with Gasteiger partial charge in [-0.05, 0) is 205 Å². The fourth-order valence-electron chi connectivity index (χ4n) is 14.2. The number of anilines is 4. The van der Waals surface area contributed by atoms with Crippen molar-refractivity contribution in [3.63, 3.8) is 0 Å². The largest absolute Gasteiger partial charge is 0.379 e. The Kier molecular flexibility index (Phi) is 38.8. The number of azide groups is 1. The number of benzene rings is 6. The predicted octanol–water partition coefficient (Wildman–Crippen LogP) is 12.7. The van der Waals surface area contributed by atoms with E-state index >= 15 is 0 Å². The van der Waals surface area contributed by atoms with E-state index < -0.39 is 0 Å². The van der Waals surface area contributed by atoms with Gasteiger partial charge in [-0.3, -0.25) is 38.7 Å². The van der Waals surface area contributed by atoms with Gasteiger partial charge in [0.15, 0.2) is 0 Å². The molecular weight excluding hydrogens is 1520 g/mol. The number of aromatic nitrogens is 2. The van der Waals surface area contributed by atoms with E-state index in [4.69, 9.17) is 39.7 Å². The highest BCUT2D eigenvalue weighted by Crippen LogP contribution is 2.36. The van der Waals surface area contributed by atoms with Gasteiger partial charge in [-0.25, -0.2) is 0 Å². The van der Waals surface area contributed by atoms with Gasteiger partial charge < -0.3 is 84.8 Å². The molecule has 2 heterocycles. The van der Waals surface area contributed by atoms with Crippen molar-refractivity contribution in [3.8, 4) is 22.5 Å². The maximum atomic E-state index is 13.9. The monoisotopic (exact) mass is 1640 g/mol. The zero-order chi connectivity index (χ0) is 85.4. The van der Waals surface area contributed by atoms with Gasteiger partial charge in [-0.1, -0.05) is 65.8 Å². The Morgan fingerprint density at radius 3 is 1.23 bits per heavy atom. The number of nitrogens with two attached hydrogens (primary N) is 1. The average molecular weight is 1640 g/mol. The number of hydrogen-bond donors (Lipinski definition) is 5. The van der Waals surface area contributed by atoms with Crippen LogP contribution in [-0.2, 0) is 41.3 Å². The first-order chi connectivity index (χ1) is 58.4. The van der Waals surface area contributed by atoms with Crippen LogP contribution in [0.3, 0.4) is 0 Å². The summed E-state index contributed by atoms with van der Waals surface area (Å²) in [6.45, 7) is 21.7. The number of aryl methyl sites for hydroxylation is 2. The van der Waals surface area contributed by atoms with Crippen molar-refractivity contribution < 1.29 is 57.2 Å². The van der Waals surface area contributed by atoms with Crippen LogP contribution < -0.4 is 36.8 Å². The van der Waals surface area contributed by atoms with Gasteiger partial charge in [-0.15, -0.1) is 0 Å². The van der Waals surface area contributed by atoms with Crippen LogP contribution in [0.15, 0.2) is 175 Å². The molecule has 640 valence electrons. The van der Waals surface area contributed by atoms with Crippen LogP contribution in [0.4, 0.5) is 22.7 Å². The van der Waals surface area contributed by atoms with Crippen LogP contribution in [0.25, 0.3) is 33.0 Å². The molecule has 6 aromatic carbocycles. The van der Waals surface area contributed by atoms with Crippen LogP contribution in [0.2, 0.25) is 0 Å². The van der Waals surface area contributed by atoms with E-state index in [1.54, 1.807) is 109 Å². The lowest BCUT2D eigenvalue weighted by molar-refractivity contribution is 0.0127. The number of carbonyl (C=O) groups excluding carboxylic acids is 6. The number of nitrogens with one attached hydrogen (secondary N) is 4. The summed E-state index contributed by atoms with van der Waals surface area (Å²) in [5.74, 6) is -1.48. The zero-order valence-electron chi connectivity index (χ0n) is 70.9. The second kappa shape index (κ2) is 50.2. The first-order valence-electron chi connectivity index (χ1n) is 41.8. The van der Waals surface area contributed by atoms with Crippen LogP contribution >= 0.6 is 0 Å². The molecule has 0 aliphatic heterocycles. The average Bonchev–Trinajstić information content (AvgIpc) is 0.803. The molecule has 10 rings (SSSR count). The van der Waals surface area contributed by atoms with Crippen molar-refractivity contribution >= 4 is 58.2 Å². The third-order valence-corrected chi connectivity index (χ3v) is 21.2. The summed E-state index contributed by atoms with van der Waals surface area (Å²) in [6, 6.07) is 48.5. The zero-order valence-corrected chi connectivity index (χ0v) is 70.9. The summed E-state index contributed by atoms with van der Waals surface area (Å²) in [4.78, 5) is 106. The lowest BCUT2D eigenvalue weighted by atomic mass is 9.87. The Balaban J connectivity index is 0.000000273. The second-order valence-corrected chi connectivity index (χ2v) is 29.4. The van der Waals surface area contributed by atoms with Crippen molar-refractivity contribution in [3.05, 3.63) is 236 Å². The Morgan fingerprint density at radius 2 is 0.817 bits per heavy atom. The predicted molar refractivity (Wildman–Crippen MR) is 471 cm³/mol. The first-order valence-corrected chi connectivity index (χ1v) is 41.8. The van der Waals surface area contributed by atoms with Crippen molar-refractivity contribution in [1.82, 2.24) is 40.2 Å². The van der Waals surface area contributed by atoms with Crippen molar-refractivity contribution in [2.24, 2.45) is 10.8 Å². The highest BCUT2D eigenvalue weighted by Gasteiger charge is 2.27. The molecule has 28 heteroatoms. The molecule has 2 atom stereocenters. The maximum Gasteiger partial charge on any atom is 0.255 e. The third-order valence-electron chi connectivity index (χ3n) is 21.2. The number of amides is 6. The molecule has 0 radical (unpaired) electrons. The summed E-state index contributed by atoms with van der Waals surface area (Å²) in [6.07, 6.45) is 9.05. The number of fused-ring (bicyclic) bond motifs is 2. The fourth-order valence-corrected chi connectivity index (χ4v) is 14.2. The van der Waals surface area contributed by atoms with Gasteiger partial charge in [-0.2, -0.15) is 0 Å². The highest BCUT2D eigenvalue weighted by atomic mass is 16.5. The van der Waals surface area contributed by atoms with E-state index in [2.05, 4.69) is 113 Å². The molecule has 28 nitrogen and oxygen atoms in total. The van der Waals surface area contributed by atoms with Crippen LogP contribution in [0.5, 0.6) is 0 Å². The second-order valence-electron chi connectivity index (χ2n) is 29.4. The fraction of sp³-hybridized carbons (Fsp3) is 0.435. The summed E-state index contributed by atoms with van der Waals surface area (Å²) >= 11 is 0. The van der Waals surface area contributed by atoms with Gasteiger partial charge in [0.05, 0.1) is 114 Å². The standard InChI is InChI=1S/C46H59N9O6.C46H61N7O6/c1-5-55(6-2)38-17-18-42(40(33-38)43-32-36(19-20-48-43)45(57)50-41-16-10-12-34-11-7-8-15-39(34)41)51-44(56)35-13-9-14-37(31-35)46(58)54(4)23-22-53(3)24-26-60-28-30-61-29-27-59-25-21-49-52-47;1-5-53(6-2)38-17-18-42(40(33-38)43-32-36(19-21-48-43)45(55)49-41-16-10-12-34-11-7-8-15-39(34)41)50-44(54)35-13-9-14-37(31-35)46(56)52(4)23-22-51(3)24-26-58-28-30-59-29-27-57-25-20-47/h7-9,11,13-15,17-20,31-33,41H,5-6,10,12,16,21-30H2,1-4H3,(H,50,57)(H,51,56);7-9,11,13-15,17-19,21,31-33,41H,5-6,10,12,16,20,22-30,47H2,1-4H3,(H,49,55)(H,50,54)/t2*41-/m00/s1. The lowest BCUT2D eigenvalue weighted by Gasteiger charge is -2.26. The quantitative estimate of drug-likeness (QED) is 0.0102. The molecule has 0 saturated heterocycles. The normalized spacial score (nSPS) is 13.4. The molecule has 2 aliphatic carbocycles. The molecule has 120 heavy (non-hydrogen) atoms. The van der Waals surface area contributed by atoms with Crippen molar-refractivity contribution in [2.45, 2.75) is 78.3 Å². The molecule has 6 N–H and O–H groups in total. The molecule has 0 saturated carbocycles. The van der Waals surface area contributed by atoms with Gasteiger partial charge in [0, 0.05) is 166 Å². The first kappa shape index (κ1) is 92.9. The summed E-state index contributed by atoms with van der Waals surface area (Å²) in [5.41, 5.74) is 26.5. The van der Waals surface area contributed by atoms with E-state index in [1.165, 1.54) is 16.7 Å². The molecule has 0 unspecified atom stereocenters. The number of pyridine rings is 2. The van der Waals surface area contributed by atoms with Crippen LogP contribution in [0.1, 0.15) is 150 Å². The maximum absolute atomic E-state index is 13.9. The molecular formula is C92H120N16O12. The van der Waals surface area contributed by atoms with Crippen LogP contribution in [0, 0.1) is 0 Å². The summed E-state index contributed by atoms with van der Waals surface area (Å²) in [7, 11) is 7.46. The van der Waals surface area contributed by atoms with Gasteiger partial charge in [0.25, 0.3) is 35.4 Å². The minimum Gasteiger partial charge on any atom is -0.379 e. The Labute approximate surface area is 706 Å². The SMILES string of the molecule is CCN(CC)c1ccc(NC(=O)c2cccc(C(=O)N(C)CCN(C)CCOCCOCCOCCN)c2)c(-c2cc(C(=O)N[C@H]3CCCc4ccccc43)ccn2)c1.CCN(CC)c1ccc(NC(=O)c2cccc(C(=O)N(C)CCN(C)CCOCCOCCOCCN=[N+]=[N-])c2)c(-c2cc(C(=O)N[C@H]3CCCc4ccccc43)ccn2)c1. The van der Waals surface area contributed by atoms with E-state index in [0.29, 0.717) is 199 Å². The minimum atomic E-state index is -0.375. The molecule has 0 spiro atoms. The topological polar surface area (TPSA) is 326 Å². The van der Waals surface area contributed by atoms with Crippen molar-refractivity contribution in [1.29, 1.82) is 0 Å². The smallest absolute Gasteiger partial charge is 0.255 e. The number of nitrogens with zero attached hydrogens (tertiary/aromatic N) is 11. The van der Waals surface area contributed by atoms with E-state index in [-0.39, 0.29) is 47.5 Å². The number of carbonyl (C=O) groups is 6. The number of hydrogen-bond acceptors (Lipinski definition) is 20. The van der Waals surface area contributed by atoms with Crippen LogP contribution in [-0.4, -0.2) is 251 Å². The lowest BCUT2D eigenvalue weighted by Crippen LogP contribution is -2.36. The number of ether oxygens (including phenoxy) is 6. The number of likely N-dealkylation sites (N-methyl/N-ethyl adjacent to an activating group) is 4. The van der Waals surface area contributed by atoms with Crippen molar-refractivity contribution in [2.75, 3.05) is 206 Å². The molecule has 2 aromatic heterocycles.